The zero-order valence-electron chi connectivity index (χ0n) is 18.1. The fourth-order valence-corrected chi connectivity index (χ4v) is 4.84. The molecule has 0 unspecified atom stereocenters. The SMILES string of the molecule is COc1ccc(C)cc1NS(=O)(=O)c1ccc2c(c1)oc(=O)n2Cc1noc(C2CCC2)n1. The van der Waals surface area contributed by atoms with E-state index in [1.165, 1.54) is 29.9 Å². The van der Waals surface area contributed by atoms with Crippen LogP contribution in [0.2, 0.25) is 0 Å². The van der Waals surface area contributed by atoms with Gasteiger partial charge in [-0.05, 0) is 49.6 Å². The highest BCUT2D eigenvalue weighted by Crippen LogP contribution is 2.35. The molecule has 2 aromatic heterocycles. The van der Waals surface area contributed by atoms with Crippen LogP contribution in [0.3, 0.4) is 0 Å². The van der Waals surface area contributed by atoms with Gasteiger partial charge in [-0.3, -0.25) is 9.29 Å². The lowest BCUT2D eigenvalue weighted by atomic mass is 9.85. The molecule has 0 radical (unpaired) electrons. The third kappa shape index (κ3) is 3.99. The second-order valence-corrected chi connectivity index (χ2v) is 9.75. The molecule has 2 aromatic carbocycles. The summed E-state index contributed by atoms with van der Waals surface area (Å²) < 4.78 is 45.7. The molecule has 11 heteroatoms. The third-order valence-electron chi connectivity index (χ3n) is 5.79. The summed E-state index contributed by atoms with van der Waals surface area (Å²) in [5.74, 6) is 0.998. The molecule has 2 heterocycles. The summed E-state index contributed by atoms with van der Waals surface area (Å²) >= 11 is 0. The summed E-state index contributed by atoms with van der Waals surface area (Å²) in [4.78, 5) is 16.8. The second-order valence-electron chi connectivity index (χ2n) is 8.07. The van der Waals surface area contributed by atoms with Crippen LogP contribution in [0.4, 0.5) is 5.69 Å². The highest BCUT2D eigenvalue weighted by atomic mass is 32.2. The fraction of sp³-hybridized carbons (Fsp3) is 0.318. The molecule has 0 spiro atoms. The first-order chi connectivity index (χ1) is 15.8. The maximum absolute atomic E-state index is 13.0. The lowest BCUT2D eigenvalue weighted by Crippen LogP contribution is -2.16. The van der Waals surface area contributed by atoms with Crippen molar-refractivity contribution in [2.45, 2.75) is 43.5 Å². The second kappa shape index (κ2) is 8.07. The Labute approximate surface area is 189 Å². The topological polar surface area (TPSA) is 129 Å². The van der Waals surface area contributed by atoms with Gasteiger partial charge in [0.05, 0.1) is 29.8 Å². The minimum Gasteiger partial charge on any atom is -0.495 e. The number of aryl methyl sites for hydroxylation is 1. The number of sulfonamides is 1. The monoisotopic (exact) mass is 470 g/mol. The predicted octanol–water partition coefficient (Wildman–Crippen LogP) is 3.41. The molecule has 5 rings (SSSR count). The van der Waals surface area contributed by atoms with Crippen molar-refractivity contribution >= 4 is 26.8 Å². The number of nitrogens with zero attached hydrogens (tertiary/aromatic N) is 3. The first-order valence-electron chi connectivity index (χ1n) is 10.5. The Hall–Kier alpha value is -3.60. The van der Waals surface area contributed by atoms with Crippen LogP contribution in [0, 0.1) is 6.92 Å². The summed E-state index contributed by atoms with van der Waals surface area (Å²) in [5, 5.41) is 3.96. The maximum Gasteiger partial charge on any atom is 0.420 e. The molecular weight excluding hydrogens is 448 g/mol. The molecule has 0 saturated heterocycles. The normalized spacial score (nSPS) is 14.4. The average molecular weight is 471 g/mol. The fourth-order valence-electron chi connectivity index (χ4n) is 3.76. The van der Waals surface area contributed by atoms with E-state index >= 15 is 0 Å². The van der Waals surface area contributed by atoms with Crippen molar-refractivity contribution in [1.82, 2.24) is 14.7 Å². The van der Waals surface area contributed by atoms with Crippen LogP contribution in [0.25, 0.3) is 11.1 Å². The molecule has 0 bridgehead atoms. The molecule has 33 heavy (non-hydrogen) atoms. The van der Waals surface area contributed by atoms with Gasteiger partial charge in [0.25, 0.3) is 10.0 Å². The van der Waals surface area contributed by atoms with Gasteiger partial charge in [-0.1, -0.05) is 17.6 Å². The molecule has 1 N–H and O–H groups in total. The minimum atomic E-state index is -3.96. The minimum absolute atomic E-state index is 0.0497. The molecule has 10 nitrogen and oxygen atoms in total. The van der Waals surface area contributed by atoms with Gasteiger partial charge >= 0.3 is 5.76 Å². The maximum atomic E-state index is 13.0. The standard InChI is InChI=1S/C22H22N4O6S/c1-13-6-9-18(30-2)16(10-13)25-33(28,29)15-7-8-17-19(11-15)31-22(27)26(17)12-20-23-21(32-24-20)14-4-3-5-14/h6-11,14,25H,3-5,12H2,1-2H3. The number of hydrogen-bond donors (Lipinski definition) is 1. The van der Waals surface area contributed by atoms with Crippen LogP contribution in [0.1, 0.15) is 42.5 Å². The number of anilines is 1. The highest BCUT2D eigenvalue weighted by Gasteiger charge is 2.26. The molecule has 0 atom stereocenters. The van der Waals surface area contributed by atoms with Crippen molar-refractivity contribution in [2.24, 2.45) is 0 Å². The molecule has 4 aromatic rings. The number of nitrogens with one attached hydrogen (secondary N) is 1. The first-order valence-corrected chi connectivity index (χ1v) is 12.0. The van der Waals surface area contributed by atoms with Crippen LogP contribution in [0.15, 0.2) is 55.0 Å². The lowest BCUT2D eigenvalue weighted by molar-refractivity contribution is 0.291. The largest absolute Gasteiger partial charge is 0.495 e. The van der Waals surface area contributed by atoms with E-state index in [0.29, 0.717) is 28.7 Å². The Bertz CT molecular complexity index is 1500. The van der Waals surface area contributed by atoms with Gasteiger partial charge in [0.15, 0.2) is 11.4 Å². The van der Waals surface area contributed by atoms with Gasteiger partial charge < -0.3 is 13.7 Å². The molecular formula is C22H22N4O6S. The Kier molecular flexibility index (Phi) is 5.20. The first kappa shape index (κ1) is 21.3. The third-order valence-corrected chi connectivity index (χ3v) is 7.15. The smallest absolute Gasteiger partial charge is 0.420 e. The van der Waals surface area contributed by atoms with Crippen molar-refractivity contribution in [1.29, 1.82) is 0 Å². The highest BCUT2D eigenvalue weighted by molar-refractivity contribution is 7.92. The van der Waals surface area contributed by atoms with E-state index in [1.807, 2.05) is 13.0 Å². The Morgan fingerprint density at radius 2 is 2.03 bits per heavy atom. The van der Waals surface area contributed by atoms with Crippen LogP contribution in [-0.2, 0) is 16.6 Å². The van der Waals surface area contributed by atoms with E-state index in [9.17, 15) is 13.2 Å². The molecule has 0 amide bonds. The number of methoxy groups -OCH3 is 1. The van der Waals surface area contributed by atoms with Crippen molar-refractivity contribution in [3.63, 3.8) is 0 Å². The number of fused-ring (bicyclic) bond motifs is 1. The van der Waals surface area contributed by atoms with Gasteiger partial charge in [-0.15, -0.1) is 0 Å². The van der Waals surface area contributed by atoms with E-state index < -0.39 is 15.8 Å². The zero-order chi connectivity index (χ0) is 23.2. The summed E-state index contributed by atoms with van der Waals surface area (Å²) in [6, 6.07) is 9.43. The number of hydrogen-bond acceptors (Lipinski definition) is 8. The number of rotatable bonds is 7. The Morgan fingerprint density at radius 3 is 2.76 bits per heavy atom. The summed E-state index contributed by atoms with van der Waals surface area (Å²) in [6.45, 7) is 1.91. The van der Waals surface area contributed by atoms with E-state index in [0.717, 1.165) is 24.8 Å². The van der Waals surface area contributed by atoms with Gasteiger partial charge in [0.2, 0.25) is 5.89 Å². The van der Waals surface area contributed by atoms with Crippen molar-refractivity contribution in [2.75, 3.05) is 11.8 Å². The molecule has 1 fully saturated rings. The molecule has 1 aliphatic rings. The molecule has 1 saturated carbocycles. The van der Waals surface area contributed by atoms with Gasteiger partial charge in [-0.2, -0.15) is 4.98 Å². The summed E-state index contributed by atoms with van der Waals surface area (Å²) in [7, 11) is -2.50. The summed E-state index contributed by atoms with van der Waals surface area (Å²) in [6.07, 6.45) is 3.19. The number of oxazole rings is 1. The quantitative estimate of drug-likeness (QED) is 0.435. The van der Waals surface area contributed by atoms with Crippen LogP contribution in [0.5, 0.6) is 5.75 Å². The van der Waals surface area contributed by atoms with Crippen molar-refractivity contribution < 1.29 is 22.1 Å². The summed E-state index contributed by atoms with van der Waals surface area (Å²) in [5.41, 5.74) is 1.76. The Morgan fingerprint density at radius 1 is 1.21 bits per heavy atom. The predicted molar refractivity (Wildman–Crippen MR) is 119 cm³/mol. The van der Waals surface area contributed by atoms with Crippen LogP contribution >= 0.6 is 0 Å². The average Bonchev–Trinajstić information content (AvgIpc) is 3.31. The molecule has 172 valence electrons. The zero-order valence-corrected chi connectivity index (χ0v) is 18.9. The molecule has 0 aliphatic heterocycles. The van der Waals surface area contributed by atoms with Crippen LogP contribution < -0.4 is 15.2 Å². The van der Waals surface area contributed by atoms with E-state index in [1.54, 1.807) is 12.1 Å². The number of benzene rings is 2. The lowest BCUT2D eigenvalue weighted by Gasteiger charge is -2.20. The van der Waals surface area contributed by atoms with E-state index in [2.05, 4.69) is 14.9 Å². The van der Waals surface area contributed by atoms with Gasteiger partial charge in [-0.25, -0.2) is 13.2 Å². The number of ether oxygens (including phenoxy) is 1. The Balaban J connectivity index is 1.44. The van der Waals surface area contributed by atoms with E-state index in [4.69, 9.17) is 13.7 Å². The van der Waals surface area contributed by atoms with Crippen molar-refractivity contribution in [3.05, 3.63) is 64.2 Å². The molecule has 1 aliphatic carbocycles. The van der Waals surface area contributed by atoms with E-state index in [-0.39, 0.29) is 22.9 Å². The van der Waals surface area contributed by atoms with Crippen molar-refractivity contribution in [3.8, 4) is 5.75 Å². The van der Waals surface area contributed by atoms with Gasteiger partial charge in [0, 0.05) is 12.0 Å². The van der Waals surface area contributed by atoms with Gasteiger partial charge in [0.1, 0.15) is 5.75 Å². The van der Waals surface area contributed by atoms with Crippen LogP contribution in [-0.4, -0.2) is 30.2 Å². The number of aromatic nitrogens is 3.